The second-order valence-corrected chi connectivity index (χ2v) is 6.21. The fraction of sp³-hybridized carbons (Fsp3) is 0.444. The first-order chi connectivity index (χ1) is 12.1. The van der Waals surface area contributed by atoms with Crippen molar-refractivity contribution >= 4 is 5.91 Å². The van der Waals surface area contributed by atoms with Gasteiger partial charge in [0, 0.05) is 18.7 Å². The van der Waals surface area contributed by atoms with Crippen LogP contribution in [0.25, 0.3) is 0 Å². The summed E-state index contributed by atoms with van der Waals surface area (Å²) in [5, 5.41) is 2.90. The lowest BCUT2D eigenvalue weighted by molar-refractivity contribution is 0.0923. The molecular weight excluding hydrogens is 325 g/mol. The van der Waals surface area contributed by atoms with Crippen LogP contribution in [0.4, 0.5) is 4.39 Å². The number of nitrogens with zero attached hydrogens (tertiary/aromatic N) is 2. The number of nitrogens with one attached hydrogen (secondary N) is 1. The van der Waals surface area contributed by atoms with Gasteiger partial charge in [0.05, 0.1) is 0 Å². The van der Waals surface area contributed by atoms with Gasteiger partial charge in [0.2, 0.25) is 5.89 Å². The predicted molar refractivity (Wildman–Crippen MR) is 89.8 cm³/mol. The normalized spacial score (nSPS) is 18.1. The predicted octanol–water partition coefficient (Wildman–Crippen LogP) is 2.61. The van der Waals surface area contributed by atoms with Crippen LogP contribution in [0.5, 0.6) is 5.75 Å². The number of hydrogen-bond donors (Lipinski definition) is 1. The third kappa shape index (κ3) is 4.79. The molecule has 1 saturated heterocycles. The first-order valence-electron chi connectivity index (χ1n) is 8.43. The van der Waals surface area contributed by atoms with Crippen LogP contribution in [0.2, 0.25) is 0 Å². The van der Waals surface area contributed by atoms with Crippen molar-refractivity contribution in [2.75, 3.05) is 20.1 Å². The van der Waals surface area contributed by atoms with Crippen molar-refractivity contribution < 1.29 is 18.3 Å². The number of carbonyl (C=O) groups is 1. The fourth-order valence-corrected chi connectivity index (χ4v) is 2.89. The van der Waals surface area contributed by atoms with Crippen LogP contribution >= 0.6 is 0 Å². The summed E-state index contributed by atoms with van der Waals surface area (Å²) >= 11 is 0. The molecule has 1 N–H and O–H groups in total. The van der Waals surface area contributed by atoms with E-state index in [4.69, 9.17) is 9.15 Å². The number of benzene rings is 1. The molecule has 6 nitrogen and oxygen atoms in total. The van der Waals surface area contributed by atoms with Crippen molar-refractivity contribution in [1.29, 1.82) is 0 Å². The molecule has 0 bridgehead atoms. The zero-order chi connectivity index (χ0) is 17.6. The van der Waals surface area contributed by atoms with Gasteiger partial charge in [-0.25, -0.2) is 9.37 Å². The molecule has 1 unspecified atom stereocenters. The number of ether oxygens (including phenoxy) is 1. The van der Waals surface area contributed by atoms with Crippen molar-refractivity contribution in [2.24, 2.45) is 0 Å². The third-order valence-electron chi connectivity index (χ3n) is 4.36. The molecular formula is C18H22FN3O3. The van der Waals surface area contributed by atoms with Gasteiger partial charge in [-0.2, -0.15) is 0 Å². The Bertz CT molecular complexity index is 719. The molecule has 0 saturated carbocycles. The number of likely N-dealkylation sites (N-methyl/N-ethyl adjacent to an activating group) is 1. The van der Waals surface area contributed by atoms with Gasteiger partial charge in [-0.3, -0.25) is 4.79 Å². The van der Waals surface area contributed by atoms with Gasteiger partial charge >= 0.3 is 0 Å². The number of likely N-dealkylation sites (tertiary alicyclic amines) is 1. The minimum atomic E-state index is -0.377. The quantitative estimate of drug-likeness (QED) is 0.870. The van der Waals surface area contributed by atoms with E-state index in [1.807, 2.05) is 0 Å². The smallest absolute Gasteiger partial charge is 0.273 e. The third-order valence-corrected chi connectivity index (χ3v) is 4.36. The molecule has 7 heteroatoms. The Morgan fingerprint density at radius 1 is 1.48 bits per heavy atom. The Labute approximate surface area is 146 Å². The van der Waals surface area contributed by atoms with Crippen LogP contribution in [0.3, 0.4) is 0 Å². The highest BCUT2D eigenvalue weighted by atomic mass is 19.1. The van der Waals surface area contributed by atoms with Gasteiger partial charge in [-0.05, 0) is 38.6 Å². The summed E-state index contributed by atoms with van der Waals surface area (Å²) in [6.45, 7) is 1.69. The molecule has 0 radical (unpaired) electrons. The Balaban J connectivity index is 1.49. The number of hydrogen-bond acceptors (Lipinski definition) is 5. The van der Waals surface area contributed by atoms with Gasteiger partial charge in [0.25, 0.3) is 5.91 Å². The first-order valence-corrected chi connectivity index (χ1v) is 8.43. The number of oxazole rings is 1. The number of carbonyl (C=O) groups excluding carboxylic acids is 1. The number of aromatic nitrogens is 1. The average Bonchev–Trinajstić information content (AvgIpc) is 3.08. The molecule has 25 heavy (non-hydrogen) atoms. The monoisotopic (exact) mass is 347 g/mol. The molecule has 1 amide bonds. The molecule has 1 aromatic heterocycles. The lowest BCUT2D eigenvalue weighted by Crippen LogP contribution is -2.44. The summed E-state index contributed by atoms with van der Waals surface area (Å²) in [6, 6.07) is 6.17. The zero-order valence-corrected chi connectivity index (χ0v) is 14.2. The Hall–Kier alpha value is -2.41. The fourth-order valence-electron chi connectivity index (χ4n) is 2.89. The van der Waals surface area contributed by atoms with Crippen LogP contribution < -0.4 is 10.1 Å². The molecule has 1 aliphatic rings. The number of amides is 1. The molecule has 2 heterocycles. The lowest BCUT2D eigenvalue weighted by atomic mass is 10.0. The minimum absolute atomic E-state index is 0.0299. The summed E-state index contributed by atoms with van der Waals surface area (Å²) in [6.07, 6.45) is 4.79. The minimum Gasteiger partial charge on any atom is -0.484 e. The highest BCUT2D eigenvalue weighted by Gasteiger charge is 2.20. The van der Waals surface area contributed by atoms with E-state index in [0.717, 1.165) is 13.0 Å². The summed E-state index contributed by atoms with van der Waals surface area (Å²) in [4.78, 5) is 18.6. The molecule has 1 atom stereocenters. The summed E-state index contributed by atoms with van der Waals surface area (Å²) < 4.78 is 23.7. The Kier molecular flexibility index (Phi) is 5.65. The maximum Gasteiger partial charge on any atom is 0.273 e. The van der Waals surface area contributed by atoms with Crippen molar-refractivity contribution in [3.8, 4) is 5.75 Å². The molecule has 0 aliphatic carbocycles. The van der Waals surface area contributed by atoms with E-state index in [9.17, 15) is 9.18 Å². The molecule has 3 rings (SSSR count). The molecule has 2 aromatic rings. The van der Waals surface area contributed by atoms with E-state index in [1.165, 1.54) is 31.2 Å². The van der Waals surface area contributed by atoms with Crippen LogP contribution in [-0.4, -0.2) is 42.0 Å². The van der Waals surface area contributed by atoms with Gasteiger partial charge in [0.15, 0.2) is 12.3 Å². The molecule has 0 spiro atoms. The zero-order valence-electron chi connectivity index (χ0n) is 14.2. The second-order valence-electron chi connectivity index (χ2n) is 6.21. The van der Waals surface area contributed by atoms with E-state index in [1.54, 1.807) is 12.1 Å². The van der Waals surface area contributed by atoms with E-state index in [-0.39, 0.29) is 29.9 Å². The van der Waals surface area contributed by atoms with Crippen LogP contribution in [0, 0.1) is 5.82 Å². The van der Waals surface area contributed by atoms with Crippen molar-refractivity contribution in [1.82, 2.24) is 15.2 Å². The first kappa shape index (κ1) is 17.4. The standard InChI is InChI=1S/C18H22FN3O3/c1-22-8-3-2-6-14(22)10-20-18(23)16-11-25-17(21-16)12-24-15-7-4-5-13(19)9-15/h4-5,7,9,11,14H,2-3,6,8,10,12H2,1H3,(H,20,23). The van der Waals surface area contributed by atoms with E-state index in [0.29, 0.717) is 18.3 Å². The maximum absolute atomic E-state index is 13.1. The molecule has 1 aliphatic heterocycles. The van der Waals surface area contributed by atoms with Gasteiger partial charge < -0.3 is 19.4 Å². The van der Waals surface area contributed by atoms with E-state index < -0.39 is 0 Å². The van der Waals surface area contributed by atoms with Gasteiger partial charge in [-0.1, -0.05) is 12.5 Å². The SMILES string of the molecule is CN1CCCCC1CNC(=O)c1coc(COc2cccc(F)c2)n1. The summed E-state index contributed by atoms with van der Waals surface area (Å²) in [7, 11) is 2.08. The van der Waals surface area contributed by atoms with Crippen LogP contribution in [0.1, 0.15) is 35.6 Å². The Morgan fingerprint density at radius 2 is 2.36 bits per heavy atom. The molecule has 1 aromatic carbocycles. The van der Waals surface area contributed by atoms with E-state index >= 15 is 0 Å². The van der Waals surface area contributed by atoms with Gasteiger partial charge in [-0.15, -0.1) is 0 Å². The number of rotatable bonds is 6. The summed E-state index contributed by atoms with van der Waals surface area (Å²) in [5.74, 6) is 0.00566. The number of halogens is 1. The average molecular weight is 347 g/mol. The maximum atomic E-state index is 13.1. The second kappa shape index (κ2) is 8.11. The number of piperidine rings is 1. The Morgan fingerprint density at radius 3 is 3.16 bits per heavy atom. The highest BCUT2D eigenvalue weighted by molar-refractivity contribution is 5.91. The van der Waals surface area contributed by atoms with Crippen molar-refractivity contribution in [3.05, 3.63) is 47.9 Å². The highest BCUT2D eigenvalue weighted by Crippen LogP contribution is 2.15. The molecule has 134 valence electrons. The van der Waals surface area contributed by atoms with Crippen LogP contribution in [-0.2, 0) is 6.61 Å². The van der Waals surface area contributed by atoms with Crippen LogP contribution in [0.15, 0.2) is 34.9 Å². The molecule has 1 fully saturated rings. The van der Waals surface area contributed by atoms with Gasteiger partial charge in [0.1, 0.15) is 17.8 Å². The summed E-state index contributed by atoms with van der Waals surface area (Å²) in [5.41, 5.74) is 0.219. The topological polar surface area (TPSA) is 67.6 Å². The largest absolute Gasteiger partial charge is 0.484 e. The van der Waals surface area contributed by atoms with E-state index in [2.05, 4.69) is 22.2 Å². The van der Waals surface area contributed by atoms with Crippen molar-refractivity contribution in [2.45, 2.75) is 31.9 Å². The lowest BCUT2D eigenvalue weighted by Gasteiger charge is -2.32. The van der Waals surface area contributed by atoms with Crippen molar-refractivity contribution in [3.63, 3.8) is 0 Å².